The van der Waals surface area contributed by atoms with Gasteiger partial charge in [0.1, 0.15) is 18.0 Å². The molecule has 0 radical (unpaired) electrons. The van der Waals surface area contributed by atoms with Crippen molar-refractivity contribution in [3.8, 4) is 17.4 Å². The van der Waals surface area contributed by atoms with Crippen LogP contribution >= 0.6 is 0 Å². The number of aromatic nitrogens is 6. The predicted molar refractivity (Wildman–Crippen MR) is 143 cm³/mol. The lowest BCUT2D eigenvalue weighted by Crippen LogP contribution is -2.37. The summed E-state index contributed by atoms with van der Waals surface area (Å²) in [7, 11) is 1.85. The van der Waals surface area contributed by atoms with Crippen LogP contribution in [-0.2, 0) is 29.6 Å². The van der Waals surface area contributed by atoms with Crippen LogP contribution in [0.1, 0.15) is 75.4 Å². The number of carbonyl (C=O) groups excluding carboxylic acids is 1. The normalized spacial score (nSPS) is 17.8. The van der Waals surface area contributed by atoms with Gasteiger partial charge in [-0.3, -0.25) is 4.79 Å². The highest BCUT2D eigenvalue weighted by Crippen LogP contribution is 2.35. The Morgan fingerprint density at radius 2 is 1.97 bits per heavy atom. The molecule has 3 aromatic rings. The molecule has 0 N–H and O–H groups in total. The molecule has 2 fully saturated rings. The Balaban J connectivity index is 1.31. The van der Waals surface area contributed by atoms with Gasteiger partial charge in [0.25, 0.3) is 0 Å². The van der Waals surface area contributed by atoms with Crippen LogP contribution in [0.15, 0.2) is 24.4 Å². The monoisotopic (exact) mass is 519 g/mol. The van der Waals surface area contributed by atoms with Crippen LogP contribution in [0.3, 0.4) is 0 Å². The summed E-state index contributed by atoms with van der Waals surface area (Å²) >= 11 is 0. The fourth-order valence-corrected chi connectivity index (χ4v) is 5.31. The second-order valence-electron chi connectivity index (χ2n) is 10.2. The van der Waals surface area contributed by atoms with E-state index in [1.165, 1.54) is 19.3 Å². The molecule has 0 aromatic carbocycles. The summed E-state index contributed by atoms with van der Waals surface area (Å²) in [4.78, 5) is 28.3. The molecule has 1 saturated carbocycles. The third-order valence-electron chi connectivity index (χ3n) is 7.61. The van der Waals surface area contributed by atoms with Crippen molar-refractivity contribution in [2.24, 2.45) is 13.0 Å². The van der Waals surface area contributed by atoms with Crippen LogP contribution in [0, 0.1) is 5.92 Å². The van der Waals surface area contributed by atoms with Gasteiger partial charge in [-0.2, -0.15) is 4.98 Å². The topological polar surface area (TPSA) is 108 Å². The summed E-state index contributed by atoms with van der Waals surface area (Å²) in [5.41, 5.74) is 5.46. The van der Waals surface area contributed by atoms with E-state index in [-0.39, 0.29) is 12.6 Å². The molecule has 5 rings (SSSR count). The minimum absolute atomic E-state index is 0.110. The number of hydrogen-bond donors (Lipinski definition) is 0. The first-order valence-electron chi connectivity index (χ1n) is 13.8. The maximum absolute atomic E-state index is 12.0. The van der Waals surface area contributed by atoms with Crippen molar-refractivity contribution in [1.82, 2.24) is 29.9 Å². The fourth-order valence-electron chi connectivity index (χ4n) is 5.31. The van der Waals surface area contributed by atoms with Gasteiger partial charge >= 0.3 is 12.0 Å². The second-order valence-corrected chi connectivity index (χ2v) is 10.2. The molecule has 1 aliphatic heterocycles. The quantitative estimate of drug-likeness (QED) is 0.363. The average Bonchev–Trinajstić information content (AvgIpc) is 3.26. The Morgan fingerprint density at radius 1 is 1.11 bits per heavy atom. The summed E-state index contributed by atoms with van der Waals surface area (Å²) in [5, 5.41) is 8.66. The van der Waals surface area contributed by atoms with E-state index in [0.29, 0.717) is 36.6 Å². The number of pyridine rings is 1. The Bertz CT molecular complexity index is 1260. The standard InChI is InChI=1S/C28H37N7O3/c1-4-21-24(35-15-7-8-19(17-35)16-26(36)37-5-2)12-11-23(30-21)27-25(34(3)33-32-27)18-38-28-29-14-13-22(31-28)20-9-6-10-20/h11-14,19-20H,4-10,15-18H2,1-3H3. The molecule has 2 aliphatic rings. The van der Waals surface area contributed by atoms with Crippen molar-refractivity contribution >= 4 is 11.7 Å². The molecule has 0 spiro atoms. The molecule has 0 amide bonds. The zero-order valence-corrected chi connectivity index (χ0v) is 22.6. The smallest absolute Gasteiger partial charge is 0.316 e. The van der Waals surface area contributed by atoms with Crippen LogP contribution < -0.4 is 9.64 Å². The van der Waals surface area contributed by atoms with Gasteiger partial charge in [0.2, 0.25) is 0 Å². The number of aryl methyl sites for hydroxylation is 2. The van der Waals surface area contributed by atoms with E-state index in [1.54, 1.807) is 10.9 Å². The maximum Gasteiger partial charge on any atom is 0.316 e. The zero-order valence-electron chi connectivity index (χ0n) is 22.6. The first kappa shape index (κ1) is 26.1. The van der Waals surface area contributed by atoms with Crippen molar-refractivity contribution < 1.29 is 14.3 Å². The molecule has 38 heavy (non-hydrogen) atoms. The fraction of sp³-hybridized carbons (Fsp3) is 0.571. The molecule has 1 atom stereocenters. The van der Waals surface area contributed by atoms with Gasteiger partial charge in [0, 0.05) is 32.3 Å². The lowest BCUT2D eigenvalue weighted by molar-refractivity contribution is -0.144. The first-order valence-corrected chi connectivity index (χ1v) is 13.8. The molecular formula is C28H37N7O3. The van der Waals surface area contributed by atoms with E-state index in [0.717, 1.165) is 60.8 Å². The van der Waals surface area contributed by atoms with E-state index in [2.05, 4.69) is 38.2 Å². The number of carbonyl (C=O) groups is 1. The molecule has 202 valence electrons. The van der Waals surface area contributed by atoms with Gasteiger partial charge < -0.3 is 14.4 Å². The van der Waals surface area contributed by atoms with Crippen molar-refractivity contribution in [2.45, 2.75) is 71.3 Å². The van der Waals surface area contributed by atoms with Crippen LogP contribution in [0.4, 0.5) is 5.69 Å². The maximum atomic E-state index is 12.0. The Hall–Kier alpha value is -3.56. The van der Waals surface area contributed by atoms with Gasteiger partial charge in [-0.1, -0.05) is 18.6 Å². The van der Waals surface area contributed by atoms with E-state index in [1.807, 2.05) is 26.1 Å². The van der Waals surface area contributed by atoms with Gasteiger partial charge in [-0.05, 0) is 63.1 Å². The lowest BCUT2D eigenvalue weighted by Gasteiger charge is -2.35. The first-order chi connectivity index (χ1) is 18.6. The second kappa shape index (κ2) is 11.9. The Morgan fingerprint density at radius 3 is 2.74 bits per heavy atom. The van der Waals surface area contributed by atoms with E-state index >= 15 is 0 Å². The highest BCUT2D eigenvalue weighted by Gasteiger charge is 2.26. The van der Waals surface area contributed by atoms with E-state index < -0.39 is 0 Å². The van der Waals surface area contributed by atoms with Crippen molar-refractivity contribution in [2.75, 3.05) is 24.6 Å². The minimum atomic E-state index is -0.110. The molecule has 0 bridgehead atoms. The zero-order chi connectivity index (χ0) is 26.5. The van der Waals surface area contributed by atoms with Gasteiger partial charge in [0.15, 0.2) is 0 Å². The summed E-state index contributed by atoms with van der Waals surface area (Å²) in [6.07, 6.45) is 8.72. The number of esters is 1. The van der Waals surface area contributed by atoms with Crippen molar-refractivity contribution in [1.29, 1.82) is 0 Å². The predicted octanol–water partition coefficient (Wildman–Crippen LogP) is 4.25. The summed E-state index contributed by atoms with van der Waals surface area (Å²) < 4.78 is 12.9. The molecule has 1 saturated heterocycles. The van der Waals surface area contributed by atoms with E-state index in [4.69, 9.17) is 14.5 Å². The summed E-state index contributed by atoms with van der Waals surface area (Å²) in [5.74, 6) is 0.701. The largest absolute Gasteiger partial charge is 0.466 e. The van der Waals surface area contributed by atoms with Crippen molar-refractivity contribution in [3.63, 3.8) is 0 Å². The Labute approximate surface area is 223 Å². The van der Waals surface area contributed by atoms with Gasteiger partial charge in [0.05, 0.1) is 35.8 Å². The molecular weight excluding hydrogens is 482 g/mol. The van der Waals surface area contributed by atoms with E-state index in [9.17, 15) is 4.79 Å². The lowest BCUT2D eigenvalue weighted by atomic mass is 9.83. The van der Waals surface area contributed by atoms with Crippen LogP contribution in [0.25, 0.3) is 11.4 Å². The number of hydrogen-bond acceptors (Lipinski definition) is 9. The third-order valence-corrected chi connectivity index (χ3v) is 7.61. The van der Waals surface area contributed by atoms with Gasteiger partial charge in [-0.15, -0.1) is 5.10 Å². The number of piperidine rings is 1. The molecule has 10 heteroatoms. The van der Waals surface area contributed by atoms with Crippen LogP contribution in [-0.4, -0.2) is 55.6 Å². The summed E-state index contributed by atoms with van der Waals surface area (Å²) in [6, 6.07) is 6.48. The number of rotatable bonds is 10. The number of ether oxygens (including phenoxy) is 2. The minimum Gasteiger partial charge on any atom is -0.466 e. The van der Waals surface area contributed by atoms with Gasteiger partial charge in [-0.25, -0.2) is 14.6 Å². The molecule has 3 aromatic heterocycles. The highest BCUT2D eigenvalue weighted by atomic mass is 16.5. The average molecular weight is 520 g/mol. The number of nitrogens with zero attached hydrogens (tertiary/aromatic N) is 7. The molecule has 10 nitrogen and oxygen atoms in total. The molecule has 1 aliphatic carbocycles. The third kappa shape index (κ3) is 5.79. The highest BCUT2D eigenvalue weighted by molar-refractivity contribution is 5.70. The van der Waals surface area contributed by atoms with Crippen LogP contribution in [0.2, 0.25) is 0 Å². The van der Waals surface area contributed by atoms with Crippen molar-refractivity contribution in [3.05, 3.63) is 41.5 Å². The molecule has 4 heterocycles. The molecule has 1 unspecified atom stereocenters. The summed E-state index contributed by atoms with van der Waals surface area (Å²) in [6.45, 7) is 6.43. The SMILES string of the molecule is CCOC(=O)CC1CCCN(c2ccc(-c3nnn(C)c3COc3nccc(C4CCC4)n3)nc2CC)C1. The Kier molecular flexibility index (Phi) is 8.14. The van der Waals surface area contributed by atoms with Crippen LogP contribution in [0.5, 0.6) is 6.01 Å². The number of anilines is 1.